The van der Waals surface area contributed by atoms with Gasteiger partial charge in [0, 0.05) is 50.3 Å². The summed E-state index contributed by atoms with van der Waals surface area (Å²) in [6.45, 7) is 4.06. The number of nitrogens with zero attached hydrogens (tertiary/aromatic N) is 3. The van der Waals surface area contributed by atoms with Gasteiger partial charge in [0.2, 0.25) is 0 Å². The van der Waals surface area contributed by atoms with Gasteiger partial charge in [-0.3, -0.25) is 9.10 Å². The van der Waals surface area contributed by atoms with Crippen LogP contribution in [0.25, 0.3) is 10.4 Å². The van der Waals surface area contributed by atoms with Crippen molar-refractivity contribution in [3.8, 4) is 10.4 Å². The fraction of sp³-hybridized carbons (Fsp3) is 0.333. The topological polar surface area (TPSA) is 99.3 Å². The van der Waals surface area contributed by atoms with E-state index in [0.29, 0.717) is 27.4 Å². The number of anilines is 4. The Kier molecular flexibility index (Phi) is 9.84. The molecule has 1 N–H and O–H groups in total. The van der Waals surface area contributed by atoms with Crippen molar-refractivity contribution < 1.29 is 22.7 Å². The van der Waals surface area contributed by atoms with E-state index < -0.39 is 16.0 Å². The van der Waals surface area contributed by atoms with E-state index in [0.717, 1.165) is 61.7 Å². The Balaban J connectivity index is 1.30. The Bertz CT molecular complexity index is 1810. The zero-order valence-electron chi connectivity index (χ0n) is 26.8. The van der Waals surface area contributed by atoms with Crippen LogP contribution >= 0.6 is 11.3 Å². The minimum atomic E-state index is -4.11. The molecule has 9 nitrogen and oxygen atoms in total. The molecule has 0 saturated carbocycles. The molecular weight excluding hydrogens is 633 g/mol. The van der Waals surface area contributed by atoms with Crippen LogP contribution in [0, 0.1) is 0 Å². The van der Waals surface area contributed by atoms with E-state index in [1.807, 2.05) is 48.5 Å². The number of ether oxygens (including phenoxy) is 1. The predicted molar refractivity (Wildman–Crippen MR) is 190 cm³/mol. The normalized spacial score (nSPS) is 15.3. The fourth-order valence-corrected chi connectivity index (χ4v) is 8.95. The van der Waals surface area contributed by atoms with E-state index in [1.165, 1.54) is 62.3 Å². The van der Waals surface area contributed by atoms with Crippen molar-refractivity contribution in [3.63, 3.8) is 0 Å². The van der Waals surface area contributed by atoms with Crippen LogP contribution in [0.15, 0.2) is 83.8 Å². The minimum absolute atomic E-state index is 0.0402. The molecule has 4 aromatic rings. The van der Waals surface area contributed by atoms with Crippen LogP contribution in [0.4, 0.5) is 22.7 Å². The van der Waals surface area contributed by atoms with Gasteiger partial charge in [-0.25, -0.2) is 13.2 Å². The first kappa shape index (κ1) is 32.6. The summed E-state index contributed by atoms with van der Waals surface area (Å²) in [6, 6.07) is 23.3. The molecule has 0 aliphatic carbocycles. The monoisotopic (exact) mass is 672 g/mol. The molecule has 0 spiro atoms. The summed E-state index contributed by atoms with van der Waals surface area (Å²) in [7, 11) is -1.35. The minimum Gasteiger partial charge on any atom is -0.465 e. The number of thiophene rings is 1. The molecule has 2 aliphatic heterocycles. The summed E-state index contributed by atoms with van der Waals surface area (Å²) < 4.78 is 34.3. The second kappa shape index (κ2) is 14.2. The smallest absolute Gasteiger partial charge is 0.337 e. The van der Waals surface area contributed by atoms with E-state index in [2.05, 4.69) is 15.1 Å². The van der Waals surface area contributed by atoms with Crippen molar-refractivity contribution in [2.75, 3.05) is 59.8 Å². The maximum absolute atomic E-state index is 14.2. The number of hydrogen-bond donors (Lipinski definition) is 1. The Hall–Kier alpha value is -4.35. The molecular formula is C36H40N4O5S2. The number of carbonyl (C=O) groups excluding carboxylic acids is 2. The van der Waals surface area contributed by atoms with Gasteiger partial charge in [-0.15, -0.1) is 11.3 Å². The van der Waals surface area contributed by atoms with Crippen LogP contribution in [-0.2, 0) is 14.8 Å². The summed E-state index contributed by atoms with van der Waals surface area (Å²) in [5.41, 5.74) is 4.27. The first-order chi connectivity index (χ1) is 22.7. The molecule has 0 unspecified atom stereocenters. The maximum Gasteiger partial charge on any atom is 0.337 e. The second-order valence-corrected chi connectivity index (χ2v) is 14.9. The first-order valence-electron chi connectivity index (χ1n) is 16.1. The summed E-state index contributed by atoms with van der Waals surface area (Å²) in [6.07, 6.45) is 7.16. The third-order valence-corrected chi connectivity index (χ3v) is 12.0. The van der Waals surface area contributed by atoms with Crippen molar-refractivity contribution in [3.05, 3.63) is 89.3 Å². The molecule has 246 valence electrons. The van der Waals surface area contributed by atoms with Crippen LogP contribution in [-0.4, -0.2) is 60.6 Å². The highest BCUT2D eigenvalue weighted by Crippen LogP contribution is 2.39. The summed E-state index contributed by atoms with van der Waals surface area (Å²) in [5, 5.41) is 2.96. The lowest BCUT2D eigenvalue weighted by Gasteiger charge is -2.28. The highest BCUT2D eigenvalue weighted by molar-refractivity contribution is 7.93. The van der Waals surface area contributed by atoms with Crippen LogP contribution in [0.2, 0.25) is 0 Å². The van der Waals surface area contributed by atoms with Crippen molar-refractivity contribution in [1.82, 2.24) is 0 Å². The van der Waals surface area contributed by atoms with E-state index in [4.69, 9.17) is 4.74 Å². The standard InChI is InChI=1S/C36H40N4O5S2/c1-38(29-15-11-27(12-16-29)36(42)45-2)47(43,44)33-25-32(35(41)37-28-13-19-31(20-14-28)40-23-7-4-8-24-40)46-34(33)26-9-17-30(18-10-26)39-21-5-3-6-22-39/h9-20,25H,3-8,21-24H2,1-2H3,(H,37,41). The van der Waals surface area contributed by atoms with Gasteiger partial charge >= 0.3 is 5.97 Å². The van der Waals surface area contributed by atoms with Gasteiger partial charge in [-0.2, -0.15) is 0 Å². The molecule has 0 bridgehead atoms. The molecule has 47 heavy (non-hydrogen) atoms. The number of piperidine rings is 2. The fourth-order valence-electron chi connectivity index (χ4n) is 6.17. The lowest BCUT2D eigenvalue weighted by atomic mass is 10.1. The molecule has 0 atom stereocenters. The Morgan fingerprint density at radius 3 is 1.83 bits per heavy atom. The molecule has 3 aromatic carbocycles. The molecule has 2 fully saturated rings. The number of amides is 1. The lowest BCUT2D eigenvalue weighted by molar-refractivity contribution is 0.0600. The van der Waals surface area contributed by atoms with Crippen LogP contribution < -0.4 is 19.4 Å². The second-order valence-electron chi connectivity index (χ2n) is 12.0. The van der Waals surface area contributed by atoms with Crippen molar-refractivity contribution >= 4 is 56.0 Å². The lowest BCUT2D eigenvalue weighted by Crippen LogP contribution is -2.29. The maximum atomic E-state index is 14.2. The van der Waals surface area contributed by atoms with Gasteiger partial charge < -0.3 is 19.9 Å². The van der Waals surface area contributed by atoms with Gasteiger partial charge in [-0.1, -0.05) is 12.1 Å². The summed E-state index contributed by atoms with van der Waals surface area (Å²) >= 11 is 1.16. The largest absolute Gasteiger partial charge is 0.465 e. The van der Waals surface area contributed by atoms with Crippen molar-refractivity contribution in [2.24, 2.45) is 0 Å². The first-order valence-corrected chi connectivity index (χ1v) is 18.3. The average Bonchev–Trinajstić information content (AvgIpc) is 3.59. The number of rotatable bonds is 9. The molecule has 1 amide bonds. The highest BCUT2D eigenvalue weighted by Gasteiger charge is 2.30. The van der Waals surface area contributed by atoms with Crippen LogP contribution in [0.1, 0.15) is 58.6 Å². The van der Waals surface area contributed by atoms with E-state index >= 15 is 0 Å². The molecule has 0 radical (unpaired) electrons. The van der Waals surface area contributed by atoms with Crippen molar-refractivity contribution in [2.45, 2.75) is 43.4 Å². The predicted octanol–water partition coefficient (Wildman–Crippen LogP) is 7.26. The van der Waals surface area contributed by atoms with Gasteiger partial charge in [0.1, 0.15) is 4.90 Å². The quantitative estimate of drug-likeness (QED) is 0.187. The van der Waals surface area contributed by atoms with Gasteiger partial charge in [0.15, 0.2) is 0 Å². The van der Waals surface area contributed by atoms with Gasteiger partial charge in [0.25, 0.3) is 15.9 Å². The van der Waals surface area contributed by atoms with Gasteiger partial charge in [0.05, 0.1) is 28.1 Å². The molecule has 6 rings (SSSR count). The SMILES string of the molecule is COC(=O)c1ccc(N(C)S(=O)(=O)c2cc(C(=O)Nc3ccc(N4CCCCC4)cc3)sc2-c2ccc(N3CCCCC3)cc2)cc1. The average molecular weight is 673 g/mol. The number of hydrogen-bond acceptors (Lipinski definition) is 8. The van der Waals surface area contributed by atoms with E-state index in [-0.39, 0.29) is 15.7 Å². The summed E-state index contributed by atoms with van der Waals surface area (Å²) in [4.78, 5) is 31.0. The van der Waals surface area contributed by atoms with Crippen LogP contribution in [0.3, 0.4) is 0 Å². The third-order valence-electron chi connectivity index (χ3n) is 8.91. The third kappa shape index (κ3) is 7.16. The Morgan fingerprint density at radius 2 is 1.30 bits per heavy atom. The summed E-state index contributed by atoms with van der Waals surface area (Å²) in [5.74, 6) is -0.884. The number of esters is 1. The number of benzene rings is 3. The van der Waals surface area contributed by atoms with E-state index in [9.17, 15) is 18.0 Å². The Labute approximate surface area is 280 Å². The molecule has 1 aromatic heterocycles. The van der Waals surface area contributed by atoms with Gasteiger partial charge in [-0.05, 0) is 111 Å². The molecule has 3 heterocycles. The van der Waals surface area contributed by atoms with E-state index in [1.54, 1.807) is 12.1 Å². The number of carbonyl (C=O) groups is 2. The number of methoxy groups -OCH3 is 1. The molecule has 11 heteroatoms. The Morgan fingerprint density at radius 1 is 0.766 bits per heavy atom. The highest BCUT2D eigenvalue weighted by atomic mass is 32.2. The van der Waals surface area contributed by atoms with Crippen molar-refractivity contribution in [1.29, 1.82) is 0 Å². The zero-order valence-corrected chi connectivity index (χ0v) is 28.4. The zero-order chi connectivity index (χ0) is 33.0. The number of nitrogens with one attached hydrogen (secondary N) is 1. The molecule has 2 saturated heterocycles. The molecule has 2 aliphatic rings. The number of sulfonamides is 1. The van der Waals surface area contributed by atoms with Crippen LogP contribution in [0.5, 0.6) is 0 Å².